The first-order chi connectivity index (χ1) is 9.04. The maximum absolute atomic E-state index is 10.6. The van der Waals surface area contributed by atoms with Crippen LogP contribution >= 0.6 is 0 Å². The van der Waals surface area contributed by atoms with Crippen LogP contribution in [0.1, 0.15) is 28.4 Å². The van der Waals surface area contributed by atoms with Crippen LogP contribution in [0.5, 0.6) is 5.75 Å². The molecule has 100 valence electrons. The van der Waals surface area contributed by atoms with Gasteiger partial charge in [0.2, 0.25) is 0 Å². The Hall–Kier alpha value is -2.00. The van der Waals surface area contributed by atoms with E-state index in [2.05, 4.69) is 0 Å². The van der Waals surface area contributed by atoms with Gasteiger partial charge in [-0.05, 0) is 37.1 Å². The summed E-state index contributed by atoms with van der Waals surface area (Å²) in [6.45, 7) is 3.91. The lowest BCUT2D eigenvalue weighted by molar-refractivity contribution is 0.219. The normalized spacial score (nSPS) is 12.2. The molecule has 0 spiro atoms. The number of hydrogen-bond acceptors (Lipinski definition) is 3. The topological polar surface area (TPSA) is 55.5 Å². The van der Waals surface area contributed by atoms with E-state index in [1.807, 2.05) is 50.2 Å². The lowest BCUT2D eigenvalue weighted by atomic mass is 9.95. The monoisotopic (exact) mass is 257 g/mol. The molecule has 2 rings (SSSR count). The number of aliphatic hydroxyl groups excluding tert-OH is 1. The molecule has 1 unspecified atom stereocenters. The molecule has 0 fully saturated rings. The number of aryl methyl sites for hydroxylation is 1. The third-order valence-electron chi connectivity index (χ3n) is 3.38. The van der Waals surface area contributed by atoms with E-state index in [1.54, 1.807) is 7.11 Å². The molecule has 2 aromatic carbocycles. The number of methoxy groups -OCH3 is 1. The van der Waals surface area contributed by atoms with Crippen LogP contribution in [-0.4, -0.2) is 12.2 Å². The number of benzene rings is 2. The van der Waals surface area contributed by atoms with Crippen molar-refractivity contribution in [3.05, 3.63) is 58.7 Å². The first-order valence-electron chi connectivity index (χ1n) is 6.22. The fourth-order valence-corrected chi connectivity index (χ4v) is 2.25. The van der Waals surface area contributed by atoms with E-state index < -0.39 is 6.10 Å². The minimum Gasteiger partial charge on any atom is -0.496 e. The molecule has 0 saturated heterocycles. The van der Waals surface area contributed by atoms with Gasteiger partial charge in [0.25, 0.3) is 0 Å². The summed E-state index contributed by atoms with van der Waals surface area (Å²) in [6, 6.07) is 11.3. The van der Waals surface area contributed by atoms with Gasteiger partial charge in [-0.3, -0.25) is 0 Å². The smallest absolute Gasteiger partial charge is 0.122 e. The molecule has 19 heavy (non-hydrogen) atoms. The van der Waals surface area contributed by atoms with E-state index in [0.29, 0.717) is 5.69 Å². The van der Waals surface area contributed by atoms with Gasteiger partial charge >= 0.3 is 0 Å². The average molecular weight is 257 g/mol. The highest BCUT2D eigenvalue weighted by atomic mass is 16.5. The van der Waals surface area contributed by atoms with E-state index in [0.717, 1.165) is 28.0 Å². The van der Waals surface area contributed by atoms with Crippen molar-refractivity contribution in [3.8, 4) is 5.75 Å². The predicted octanol–water partition coefficient (Wildman–Crippen LogP) is 2.98. The third-order valence-corrected chi connectivity index (χ3v) is 3.38. The van der Waals surface area contributed by atoms with Gasteiger partial charge in [0.1, 0.15) is 11.9 Å². The molecule has 0 radical (unpaired) electrons. The Kier molecular flexibility index (Phi) is 3.76. The Labute approximate surface area is 113 Å². The number of nitrogens with two attached hydrogens (primary N) is 1. The molecule has 3 heteroatoms. The Bertz CT molecular complexity index is 593. The second kappa shape index (κ2) is 5.33. The summed E-state index contributed by atoms with van der Waals surface area (Å²) >= 11 is 0. The third kappa shape index (κ3) is 2.56. The molecule has 2 aromatic rings. The molecule has 3 N–H and O–H groups in total. The van der Waals surface area contributed by atoms with Crippen LogP contribution in [0, 0.1) is 13.8 Å². The summed E-state index contributed by atoms with van der Waals surface area (Å²) in [4.78, 5) is 0. The van der Waals surface area contributed by atoms with Crippen LogP contribution in [-0.2, 0) is 0 Å². The van der Waals surface area contributed by atoms with E-state index in [4.69, 9.17) is 10.5 Å². The van der Waals surface area contributed by atoms with Crippen molar-refractivity contribution in [1.29, 1.82) is 0 Å². The molecular weight excluding hydrogens is 238 g/mol. The summed E-state index contributed by atoms with van der Waals surface area (Å²) in [7, 11) is 1.62. The molecule has 0 bridgehead atoms. The van der Waals surface area contributed by atoms with Crippen molar-refractivity contribution in [2.24, 2.45) is 0 Å². The second-order valence-electron chi connectivity index (χ2n) is 4.71. The SMILES string of the molecule is COc1cccc(C(O)c2cc(C)ccc2N)c1C. The van der Waals surface area contributed by atoms with Crippen LogP contribution in [0.25, 0.3) is 0 Å². The molecule has 0 aliphatic rings. The van der Waals surface area contributed by atoms with Crippen molar-refractivity contribution >= 4 is 5.69 Å². The quantitative estimate of drug-likeness (QED) is 0.831. The lowest BCUT2D eigenvalue weighted by Gasteiger charge is -2.18. The van der Waals surface area contributed by atoms with Crippen LogP contribution in [0.3, 0.4) is 0 Å². The van der Waals surface area contributed by atoms with E-state index >= 15 is 0 Å². The van der Waals surface area contributed by atoms with E-state index in [9.17, 15) is 5.11 Å². The first-order valence-corrected chi connectivity index (χ1v) is 6.22. The molecule has 3 nitrogen and oxygen atoms in total. The van der Waals surface area contributed by atoms with Crippen LogP contribution in [0.2, 0.25) is 0 Å². The number of anilines is 1. The Balaban J connectivity index is 2.50. The van der Waals surface area contributed by atoms with Crippen LogP contribution < -0.4 is 10.5 Å². The molecule has 0 aliphatic carbocycles. The molecule has 1 atom stereocenters. The summed E-state index contributed by atoms with van der Waals surface area (Å²) in [6.07, 6.45) is -0.741. The number of hydrogen-bond donors (Lipinski definition) is 2. The summed E-state index contributed by atoms with van der Waals surface area (Å²) in [5.74, 6) is 0.766. The number of ether oxygens (including phenoxy) is 1. The molecule has 0 aliphatic heterocycles. The van der Waals surface area contributed by atoms with Crippen LogP contribution in [0.4, 0.5) is 5.69 Å². The molecular formula is C16H19NO2. The molecule has 0 amide bonds. The van der Waals surface area contributed by atoms with Crippen molar-refractivity contribution in [3.63, 3.8) is 0 Å². The second-order valence-corrected chi connectivity index (χ2v) is 4.71. The zero-order chi connectivity index (χ0) is 14.0. The largest absolute Gasteiger partial charge is 0.496 e. The maximum atomic E-state index is 10.6. The number of nitrogen functional groups attached to an aromatic ring is 1. The minimum atomic E-state index is -0.741. The molecule has 0 aromatic heterocycles. The van der Waals surface area contributed by atoms with Gasteiger partial charge in [0, 0.05) is 11.3 Å². The zero-order valence-corrected chi connectivity index (χ0v) is 11.5. The van der Waals surface area contributed by atoms with E-state index in [1.165, 1.54) is 0 Å². The average Bonchev–Trinajstić information content (AvgIpc) is 2.41. The van der Waals surface area contributed by atoms with Gasteiger partial charge in [0.15, 0.2) is 0 Å². The van der Waals surface area contributed by atoms with E-state index in [-0.39, 0.29) is 0 Å². The van der Waals surface area contributed by atoms with Crippen molar-refractivity contribution < 1.29 is 9.84 Å². The predicted molar refractivity (Wildman–Crippen MR) is 77.4 cm³/mol. The van der Waals surface area contributed by atoms with Crippen molar-refractivity contribution in [2.45, 2.75) is 20.0 Å². The first kappa shape index (κ1) is 13.4. The van der Waals surface area contributed by atoms with Gasteiger partial charge in [-0.15, -0.1) is 0 Å². The van der Waals surface area contributed by atoms with Gasteiger partial charge in [-0.2, -0.15) is 0 Å². The van der Waals surface area contributed by atoms with Gasteiger partial charge in [0.05, 0.1) is 7.11 Å². The Morgan fingerprint density at radius 2 is 1.84 bits per heavy atom. The van der Waals surface area contributed by atoms with Crippen LogP contribution in [0.15, 0.2) is 36.4 Å². The fraction of sp³-hybridized carbons (Fsp3) is 0.250. The highest BCUT2D eigenvalue weighted by Crippen LogP contribution is 2.32. The Morgan fingerprint density at radius 3 is 2.53 bits per heavy atom. The summed E-state index contributed by atoms with van der Waals surface area (Å²) in [5, 5.41) is 10.6. The van der Waals surface area contributed by atoms with Crippen molar-refractivity contribution in [2.75, 3.05) is 12.8 Å². The summed E-state index contributed by atoms with van der Waals surface area (Å²) < 4.78 is 5.28. The highest BCUT2D eigenvalue weighted by Gasteiger charge is 2.17. The van der Waals surface area contributed by atoms with Gasteiger partial charge < -0.3 is 15.6 Å². The molecule has 0 saturated carbocycles. The fourth-order valence-electron chi connectivity index (χ4n) is 2.25. The standard InChI is InChI=1S/C16H19NO2/c1-10-7-8-14(17)13(9-10)16(18)12-5-4-6-15(19-3)11(12)2/h4-9,16,18H,17H2,1-3H3. The minimum absolute atomic E-state index is 0.598. The highest BCUT2D eigenvalue weighted by molar-refractivity contribution is 5.54. The summed E-state index contributed by atoms with van der Waals surface area (Å²) in [5.41, 5.74) is 10.1. The van der Waals surface area contributed by atoms with Gasteiger partial charge in [-0.1, -0.05) is 29.8 Å². The Morgan fingerprint density at radius 1 is 1.11 bits per heavy atom. The van der Waals surface area contributed by atoms with Gasteiger partial charge in [-0.25, -0.2) is 0 Å². The molecule has 0 heterocycles. The maximum Gasteiger partial charge on any atom is 0.122 e. The number of rotatable bonds is 3. The zero-order valence-electron chi connectivity index (χ0n) is 11.5. The van der Waals surface area contributed by atoms with Crippen molar-refractivity contribution in [1.82, 2.24) is 0 Å². The lowest BCUT2D eigenvalue weighted by Crippen LogP contribution is -2.06. The number of aliphatic hydroxyl groups is 1.